The molecule has 4 nitrogen and oxygen atoms in total. The van der Waals surface area contributed by atoms with Crippen molar-refractivity contribution in [1.29, 1.82) is 0 Å². The molecule has 0 aromatic carbocycles. The summed E-state index contributed by atoms with van der Waals surface area (Å²) < 4.78 is 1.68. The van der Waals surface area contributed by atoms with Crippen LogP contribution in [0.3, 0.4) is 0 Å². The van der Waals surface area contributed by atoms with E-state index in [9.17, 15) is 0 Å². The summed E-state index contributed by atoms with van der Waals surface area (Å²) in [7, 11) is 0. The SMILES string of the molecule is Cc1cnnc(-n2cccn2)c1. The highest BCUT2D eigenvalue weighted by Crippen LogP contribution is 2.01. The minimum atomic E-state index is 0.750. The van der Waals surface area contributed by atoms with Crippen LogP contribution in [0.15, 0.2) is 30.7 Å². The Morgan fingerprint density at radius 2 is 2.33 bits per heavy atom. The Morgan fingerprint density at radius 1 is 1.42 bits per heavy atom. The third kappa shape index (κ3) is 1.18. The molecule has 0 unspecified atom stereocenters. The van der Waals surface area contributed by atoms with Crippen molar-refractivity contribution in [2.75, 3.05) is 0 Å². The summed E-state index contributed by atoms with van der Waals surface area (Å²) in [4.78, 5) is 0. The number of rotatable bonds is 1. The minimum Gasteiger partial charge on any atom is -0.221 e. The number of hydrogen-bond donors (Lipinski definition) is 0. The average Bonchev–Trinajstić information content (AvgIpc) is 2.56. The Hall–Kier alpha value is -1.71. The van der Waals surface area contributed by atoms with Crippen molar-refractivity contribution in [3.63, 3.8) is 0 Å². The quantitative estimate of drug-likeness (QED) is 0.624. The third-order valence-corrected chi connectivity index (χ3v) is 1.52. The van der Waals surface area contributed by atoms with Crippen LogP contribution < -0.4 is 0 Å². The highest BCUT2D eigenvalue weighted by Gasteiger charge is 1.96. The Bertz CT molecular complexity index is 366. The maximum absolute atomic E-state index is 4.04. The van der Waals surface area contributed by atoms with Gasteiger partial charge in [0, 0.05) is 12.4 Å². The van der Waals surface area contributed by atoms with Gasteiger partial charge in [0.2, 0.25) is 0 Å². The van der Waals surface area contributed by atoms with Gasteiger partial charge in [-0.3, -0.25) is 0 Å². The van der Waals surface area contributed by atoms with Crippen molar-refractivity contribution >= 4 is 0 Å². The predicted octanol–water partition coefficient (Wildman–Crippen LogP) is 0.971. The third-order valence-electron chi connectivity index (χ3n) is 1.52. The Morgan fingerprint density at radius 3 is 3.00 bits per heavy atom. The molecule has 2 heterocycles. The second-order valence-corrected chi connectivity index (χ2v) is 2.54. The number of aryl methyl sites for hydroxylation is 1. The van der Waals surface area contributed by atoms with E-state index >= 15 is 0 Å². The molecule has 2 aromatic heterocycles. The average molecular weight is 160 g/mol. The first kappa shape index (κ1) is 6.97. The zero-order chi connectivity index (χ0) is 8.39. The standard InChI is InChI=1S/C8H8N4/c1-7-5-8(11-9-6-7)12-4-2-3-10-12/h2-6H,1H3. The van der Waals surface area contributed by atoms with E-state index in [4.69, 9.17) is 0 Å². The highest BCUT2D eigenvalue weighted by molar-refractivity contribution is 5.22. The number of hydrogen-bond acceptors (Lipinski definition) is 3. The molecule has 0 saturated heterocycles. The van der Waals surface area contributed by atoms with Crippen LogP contribution in [-0.2, 0) is 0 Å². The lowest BCUT2D eigenvalue weighted by Crippen LogP contribution is -1.99. The minimum absolute atomic E-state index is 0.750. The molecule has 0 aliphatic carbocycles. The lowest BCUT2D eigenvalue weighted by Gasteiger charge is -1.98. The van der Waals surface area contributed by atoms with Gasteiger partial charge in [0.1, 0.15) is 0 Å². The first-order valence-electron chi connectivity index (χ1n) is 3.65. The molecule has 0 amide bonds. The molecule has 12 heavy (non-hydrogen) atoms. The van der Waals surface area contributed by atoms with Crippen LogP contribution in [-0.4, -0.2) is 20.0 Å². The van der Waals surface area contributed by atoms with E-state index in [-0.39, 0.29) is 0 Å². The maximum Gasteiger partial charge on any atom is 0.175 e. The van der Waals surface area contributed by atoms with Gasteiger partial charge >= 0.3 is 0 Å². The number of aromatic nitrogens is 4. The van der Waals surface area contributed by atoms with Crippen LogP contribution in [0.4, 0.5) is 0 Å². The molecule has 4 heteroatoms. The van der Waals surface area contributed by atoms with Crippen molar-refractivity contribution < 1.29 is 0 Å². The van der Waals surface area contributed by atoms with E-state index in [1.807, 2.05) is 25.3 Å². The van der Waals surface area contributed by atoms with E-state index in [0.717, 1.165) is 11.4 Å². The molecule has 0 atom stereocenters. The van der Waals surface area contributed by atoms with Crippen LogP contribution in [0.25, 0.3) is 5.82 Å². The molecule has 60 valence electrons. The Labute approximate surface area is 69.9 Å². The van der Waals surface area contributed by atoms with E-state index in [1.165, 1.54) is 0 Å². The van der Waals surface area contributed by atoms with Crippen molar-refractivity contribution in [2.45, 2.75) is 6.92 Å². The van der Waals surface area contributed by atoms with Crippen LogP contribution in [0.1, 0.15) is 5.56 Å². The van der Waals surface area contributed by atoms with Gasteiger partial charge in [-0.1, -0.05) is 0 Å². The van der Waals surface area contributed by atoms with Gasteiger partial charge in [-0.05, 0) is 24.6 Å². The lowest BCUT2D eigenvalue weighted by molar-refractivity contribution is 0.810. The fraction of sp³-hybridized carbons (Fsp3) is 0.125. The zero-order valence-corrected chi connectivity index (χ0v) is 6.68. The van der Waals surface area contributed by atoms with Gasteiger partial charge in [0.15, 0.2) is 5.82 Å². The second kappa shape index (κ2) is 2.73. The van der Waals surface area contributed by atoms with Crippen molar-refractivity contribution in [3.8, 4) is 5.82 Å². The molecule has 0 fully saturated rings. The fourth-order valence-electron chi connectivity index (χ4n) is 0.965. The van der Waals surface area contributed by atoms with Crippen molar-refractivity contribution in [2.24, 2.45) is 0 Å². The highest BCUT2D eigenvalue weighted by atomic mass is 15.3. The second-order valence-electron chi connectivity index (χ2n) is 2.54. The predicted molar refractivity (Wildman–Crippen MR) is 43.9 cm³/mol. The fourth-order valence-corrected chi connectivity index (χ4v) is 0.965. The van der Waals surface area contributed by atoms with Gasteiger partial charge in [0.05, 0.1) is 6.20 Å². The molecule has 2 aromatic rings. The smallest absolute Gasteiger partial charge is 0.175 e. The molecule has 0 aliphatic heterocycles. The molecule has 0 aliphatic rings. The summed E-state index contributed by atoms with van der Waals surface area (Å²) in [5.74, 6) is 0.750. The molecule has 0 N–H and O–H groups in total. The molecule has 0 radical (unpaired) electrons. The number of nitrogens with zero attached hydrogens (tertiary/aromatic N) is 4. The van der Waals surface area contributed by atoms with E-state index < -0.39 is 0 Å². The van der Waals surface area contributed by atoms with E-state index in [1.54, 1.807) is 17.1 Å². The summed E-state index contributed by atoms with van der Waals surface area (Å²) in [6.07, 6.45) is 5.26. The topological polar surface area (TPSA) is 43.6 Å². The molecule has 0 bridgehead atoms. The molecule has 0 spiro atoms. The van der Waals surface area contributed by atoms with E-state index in [0.29, 0.717) is 0 Å². The summed E-state index contributed by atoms with van der Waals surface area (Å²) in [6.45, 7) is 1.97. The largest absolute Gasteiger partial charge is 0.221 e. The zero-order valence-electron chi connectivity index (χ0n) is 6.68. The van der Waals surface area contributed by atoms with Crippen molar-refractivity contribution in [1.82, 2.24) is 20.0 Å². The molecular formula is C8H8N4. The summed E-state index contributed by atoms with van der Waals surface area (Å²) in [5, 5.41) is 11.8. The molecular weight excluding hydrogens is 152 g/mol. The Balaban J connectivity index is 2.48. The van der Waals surface area contributed by atoms with Crippen LogP contribution in [0, 0.1) is 6.92 Å². The normalized spacial score (nSPS) is 10.1. The van der Waals surface area contributed by atoms with Crippen LogP contribution in [0.2, 0.25) is 0 Å². The lowest BCUT2D eigenvalue weighted by atomic mass is 10.3. The van der Waals surface area contributed by atoms with E-state index in [2.05, 4.69) is 15.3 Å². The van der Waals surface area contributed by atoms with Gasteiger partial charge < -0.3 is 0 Å². The summed E-state index contributed by atoms with van der Waals surface area (Å²) >= 11 is 0. The molecule has 2 rings (SSSR count). The molecule has 0 saturated carbocycles. The van der Waals surface area contributed by atoms with Crippen LogP contribution >= 0.6 is 0 Å². The van der Waals surface area contributed by atoms with Crippen LogP contribution in [0.5, 0.6) is 0 Å². The summed E-state index contributed by atoms with van der Waals surface area (Å²) in [5.41, 5.74) is 1.08. The first-order valence-corrected chi connectivity index (χ1v) is 3.65. The monoisotopic (exact) mass is 160 g/mol. The van der Waals surface area contributed by atoms with Gasteiger partial charge in [-0.25, -0.2) is 4.68 Å². The maximum atomic E-state index is 4.04. The Kier molecular flexibility index (Phi) is 1.59. The van der Waals surface area contributed by atoms with Crippen molar-refractivity contribution in [3.05, 3.63) is 36.3 Å². The summed E-state index contributed by atoms with van der Waals surface area (Å²) in [6, 6.07) is 3.78. The van der Waals surface area contributed by atoms with Gasteiger partial charge in [-0.15, -0.1) is 5.10 Å². The first-order chi connectivity index (χ1) is 5.86. The van der Waals surface area contributed by atoms with Gasteiger partial charge in [0.25, 0.3) is 0 Å². The van der Waals surface area contributed by atoms with Gasteiger partial charge in [-0.2, -0.15) is 10.2 Å².